The molecule has 0 aliphatic heterocycles. The van der Waals surface area contributed by atoms with E-state index in [9.17, 15) is 0 Å². The number of ether oxygens (including phenoxy) is 2. The van der Waals surface area contributed by atoms with Gasteiger partial charge in [-0.05, 0) is 69.4 Å². The first-order valence-electron chi connectivity index (χ1n) is 10.5. The van der Waals surface area contributed by atoms with Gasteiger partial charge in [0, 0.05) is 22.7 Å². The third-order valence-electron chi connectivity index (χ3n) is 5.94. The van der Waals surface area contributed by atoms with Gasteiger partial charge >= 0.3 is 0 Å². The van der Waals surface area contributed by atoms with Crippen molar-refractivity contribution in [2.45, 2.75) is 50.7 Å². The lowest BCUT2D eigenvalue weighted by molar-refractivity contribution is 0.401. The number of nitrogens with zero attached hydrogens (tertiary/aromatic N) is 2. The quantitative estimate of drug-likeness (QED) is 0.376. The van der Waals surface area contributed by atoms with Crippen molar-refractivity contribution in [2.75, 3.05) is 20.0 Å². The lowest BCUT2D eigenvalue weighted by Crippen LogP contribution is -1.98. The molecule has 3 aromatic rings. The summed E-state index contributed by atoms with van der Waals surface area (Å²) in [7, 11) is 3.44. The van der Waals surface area contributed by atoms with Crippen LogP contribution in [0, 0.1) is 26.7 Å². The van der Waals surface area contributed by atoms with Crippen molar-refractivity contribution in [3.05, 3.63) is 41.2 Å². The zero-order valence-electron chi connectivity index (χ0n) is 18.4. The second kappa shape index (κ2) is 9.06. The van der Waals surface area contributed by atoms with Gasteiger partial charge in [0.25, 0.3) is 0 Å². The van der Waals surface area contributed by atoms with Gasteiger partial charge in [0.2, 0.25) is 0 Å². The zero-order chi connectivity index (χ0) is 21.3. The molecule has 0 bridgehead atoms. The standard InChI is InChI=1S/C24H30N2O2S2/c1-15-12-21(28-5)19(13-20(15)27-4)22-23(29-14-18-8-6-7-9-18)30-24(25-22)26-16(2)10-11-17(26)3/h10-13,18H,6-9,14H2,1-5H3. The molecule has 0 unspecified atom stereocenters. The maximum absolute atomic E-state index is 5.75. The highest BCUT2D eigenvalue weighted by Crippen LogP contribution is 2.45. The predicted octanol–water partition coefficient (Wildman–Crippen LogP) is 6.83. The van der Waals surface area contributed by atoms with Gasteiger partial charge in [-0.15, -0.1) is 11.8 Å². The van der Waals surface area contributed by atoms with Gasteiger partial charge in [-0.1, -0.05) is 24.2 Å². The molecule has 2 heterocycles. The van der Waals surface area contributed by atoms with Crippen LogP contribution < -0.4 is 9.47 Å². The molecule has 0 radical (unpaired) electrons. The summed E-state index contributed by atoms with van der Waals surface area (Å²) in [4.78, 5) is 5.13. The van der Waals surface area contributed by atoms with Crippen LogP contribution in [0.1, 0.15) is 42.6 Å². The fraction of sp³-hybridized carbons (Fsp3) is 0.458. The normalized spacial score (nSPS) is 14.4. The minimum atomic E-state index is 0.818. The van der Waals surface area contributed by atoms with Crippen molar-refractivity contribution in [3.8, 4) is 27.9 Å². The third kappa shape index (κ3) is 4.12. The van der Waals surface area contributed by atoms with Crippen molar-refractivity contribution in [2.24, 2.45) is 5.92 Å². The summed E-state index contributed by atoms with van der Waals surface area (Å²) in [5.74, 6) is 3.68. The van der Waals surface area contributed by atoms with Crippen LogP contribution in [0.4, 0.5) is 0 Å². The highest BCUT2D eigenvalue weighted by molar-refractivity contribution is 8.01. The van der Waals surface area contributed by atoms with Crippen molar-refractivity contribution in [1.82, 2.24) is 9.55 Å². The highest BCUT2D eigenvalue weighted by atomic mass is 32.2. The minimum Gasteiger partial charge on any atom is -0.496 e. The fourth-order valence-corrected chi connectivity index (χ4v) is 6.85. The monoisotopic (exact) mass is 442 g/mol. The van der Waals surface area contributed by atoms with E-state index in [0.717, 1.165) is 45.1 Å². The van der Waals surface area contributed by atoms with Crippen LogP contribution in [0.5, 0.6) is 11.5 Å². The van der Waals surface area contributed by atoms with Gasteiger partial charge in [0.1, 0.15) is 17.2 Å². The van der Waals surface area contributed by atoms with Crippen molar-refractivity contribution in [3.63, 3.8) is 0 Å². The van der Waals surface area contributed by atoms with Crippen molar-refractivity contribution < 1.29 is 9.47 Å². The molecule has 4 nitrogen and oxygen atoms in total. The Labute approximate surface area is 187 Å². The van der Waals surface area contributed by atoms with E-state index in [1.165, 1.54) is 41.3 Å². The van der Waals surface area contributed by atoms with E-state index in [0.29, 0.717) is 0 Å². The SMILES string of the molecule is COc1cc(-c2nc(-n3c(C)ccc3C)sc2SCC2CCCC2)c(OC)cc1C. The van der Waals surface area contributed by atoms with Crippen LogP contribution in [0.25, 0.3) is 16.4 Å². The third-order valence-corrected chi connectivity index (χ3v) is 8.48. The van der Waals surface area contributed by atoms with Crippen molar-refractivity contribution >= 4 is 23.1 Å². The maximum Gasteiger partial charge on any atom is 0.195 e. The summed E-state index contributed by atoms with van der Waals surface area (Å²) in [5, 5.41) is 1.01. The topological polar surface area (TPSA) is 36.3 Å². The summed E-state index contributed by atoms with van der Waals surface area (Å²) in [6.07, 6.45) is 5.45. The first kappa shape index (κ1) is 21.3. The van der Waals surface area contributed by atoms with Gasteiger partial charge in [-0.3, -0.25) is 4.57 Å². The van der Waals surface area contributed by atoms with Gasteiger partial charge < -0.3 is 9.47 Å². The lowest BCUT2D eigenvalue weighted by atomic mass is 10.1. The second-order valence-electron chi connectivity index (χ2n) is 8.07. The molecule has 6 heteroatoms. The summed E-state index contributed by atoms with van der Waals surface area (Å²) in [6, 6.07) is 8.42. The Morgan fingerprint density at radius 1 is 1.03 bits per heavy atom. The van der Waals surface area contributed by atoms with Crippen LogP contribution in [-0.4, -0.2) is 29.5 Å². The van der Waals surface area contributed by atoms with E-state index in [2.05, 4.69) is 36.6 Å². The number of hydrogen-bond donors (Lipinski definition) is 0. The number of thioether (sulfide) groups is 1. The predicted molar refractivity (Wildman–Crippen MR) is 127 cm³/mol. The average molecular weight is 443 g/mol. The molecule has 1 aliphatic rings. The van der Waals surface area contributed by atoms with E-state index >= 15 is 0 Å². The minimum absolute atomic E-state index is 0.818. The van der Waals surface area contributed by atoms with Crippen LogP contribution in [0.2, 0.25) is 0 Å². The van der Waals surface area contributed by atoms with Gasteiger partial charge in [-0.25, -0.2) is 4.98 Å². The Morgan fingerprint density at radius 3 is 2.33 bits per heavy atom. The Hall–Kier alpha value is -1.92. The van der Waals surface area contributed by atoms with Crippen LogP contribution in [0.3, 0.4) is 0 Å². The maximum atomic E-state index is 5.75. The summed E-state index contributed by atoms with van der Waals surface area (Å²) in [6.45, 7) is 6.31. The number of thiazole rings is 1. The van der Waals surface area contributed by atoms with Crippen LogP contribution >= 0.6 is 23.1 Å². The van der Waals surface area contributed by atoms with E-state index in [-0.39, 0.29) is 0 Å². The molecule has 2 aromatic heterocycles. The highest BCUT2D eigenvalue weighted by Gasteiger charge is 2.23. The molecular formula is C24H30N2O2S2. The number of benzene rings is 1. The van der Waals surface area contributed by atoms with E-state index in [1.54, 1.807) is 25.6 Å². The summed E-state index contributed by atoms with van der Waals surface area (Å²) >= 11 is 3.73. The summed E-state index contributed by atoms with van der Waals surface area (Å²) < 4.78 is 14.9. The molecule has 30 heavy (non-hydrogen) atoms. The molecule has 4 rings (SSSR count). The molecule has 1 aliphatic carbocycles. The molecule has 0 amide bonds. The Balaban J connectivity index is 1.81. The van der Waals surface area contributed by atoms with Gasteiger partial charge in [0.05, 0.1) is 18.4 Å². The fourth-order valence-electron chi connectivity index (χ4n) is 4.24. The molecule has 1 fully saturated rings. The smallest absolute Gasteiger partial charge is 0.195 e. The number of aromatic nitrogens is 2. The molecule has 0 saturated heterocycles. The molecule has 160 valence electrons. The number of methoxy groups -OCH3 is 2. The van der Waals surface area contributed by atoms with E-state index in [4.69, 9.17) is 14.5 Å². The van der Waals surface area contributed by atoms with Gasteiger partial charge in [0.15, 0.2) is 5.13 Å². The molecule has 0 N–H and O–H groups in total. The largest absolute Gasteiger partial charge is 0.496 e. The molecule has 1 aromatic carbocycles. The van der Waals surface area contributed by atoms with E-state index in [1.807, 2.05) is 24.8 Å². The van der Waals surface area contributed by atoms with Crippen molar-refractivity contribution in [1.29, 1.82) is 0 Å². The molecular weight excluding hydrogens is 412 g/mol. The first-order valence-corrected chi connectivity index (χ1v) is 12.3. The number of aryl methyl sites for hydroxylation is 3. The van der Waals surface area contributed by atoms with E-state index < -0.39 is 0 Å². The number of hydrogen-bond acceptors (Lipinski definition) is 5. The zero-order valence-corrected chi connectivity index (χ0v) is 20.1. The molecule has 0 atom stereocenters. The second-order valence-corrected chi connectivity index (χ2v) is 10.3. The summed E-state index contributed by atoms with van der Waals surface area (Å²) in [5.41, 5.74) is 5.47. The van der Waals surface area contributed by atoms with Crippen LogP contribution in [-0.2, 0) is 0 Å². The van der Waals surface area contributed by atoms with Crippen LogP contribution in [0.15, 0.2) is 28.5 Å². The molecule has 0 spiro atoms. The Kier molecular flexibility index (Phi) is 6.44. The number of rotatable bonds is 7. The van der Waals surface area contributed by atoms with Gasteiger partial charge in [-0.2, -0.15) is 0 Å². The first-order chi connectivity index (χ1) is 14.5. The Bertz CT molecular complexity index is 1010. The Morgan fingerprint density at radius 2 is 1.70 bits per heavy atom. The average Bonchev–Trinajstić information content (AvgIpc) is 3.47. The molecule has 1 saturated carbocycles. The lowest BCUT2D eigenvalue weighted by Gasteiger charge is -2.13.